The maximum atomic E-state index is 12.6. The van der Waals surface area contributed by atoms with Crippen LogP contribution in [0.15, 0.2) is 65.6 Å². The third-order valence-electron chi connectivity index (χ3n) is 4.78. The molecule has 0 fully saturated rings. The van der Waals surface area contributed by atoms with E-state index in [1.165, 1.54) is 18.2 Å². The van der Waals surface area contributed by atoms with E-state index in [1.54, 1.807) is 55.5 Å². The van der Waals surface area contributed by atoms with Crippen molar-refractivity contribution in [1.29, 1.82) is 0 Å². The zero-order chi connectivity index (χ0) is 23.5. The molecule has 166 valence electrons. The highest BCUT2D eigenvalue weighted by atomic mass is 35.5. The fourth-order valence-electron chi connectivity index (χ4n) is 3.23. The van der Waals surface area contributed by atoms with Crippen LogP contribution in [0.5, 0.6) is 0 Å². The summed E-state index contributed by atoms with van der Waals surface area (Å²) < 4.78 is 29.8. The highest BCUT2D eigenvalue weighted by Crippen LogP contribution is 2.22. The van der Waals surface area contributed by atoms with E-state index in [1.807, 2.05) is 11.5 Å². The minimum Gasteiger partial charge on any atom is -0.454 e. The van der Waals surface area contributed by atoms with Crippen molar-refractivity contribution in [2.45, 2.75) is 18.7 Å². The van der Waals surface area contributed by atoms with Crippen molar-refractivity contribution in [3.63, 3.8) is 0 Å². The molecule has 7 nitrogen and oxygen atoms in total. The molecule has 0 saturated heterocycles. The number of carbonyl (C=O) groups excluding carboxylic acids is 2. The van der Waals surface area contributed by atoms with Crippen LogP contribution in [0, 0.1) is 13.8 Å². The van der Waals surface area contributed by atoms with Gasteiger partial charge in [0.05, 0.1) is 4.90 Å². The number of aryl methyl sites for hydroxylation is 1. The first-order valence-corrected chi connectivity index (χ1v) is 11.4. The Bertz CT molecular complexity index is 1290. The second-order valence-electron chi connectivity index (χ2n) is 7.07. The minimum atomic E-state index is -3.79. The summed E-state index contributed by atoms with van der Waals surface area (Å²) in [6.07, 6.45) is 2.81. The molecule has 0 radical (unpaired) electrons. The van der Waals surface area contributed by atoms with E-state index in [0.717, 1.165) is 11.3 Å². The first-order chi connectivity index (χ1) is 15.1. The van der Waals surface area contributed by atoms with Gasteiger partial charge >= 0.3 is 5.97 Å². The molecule has 0 aliphatic carbocycles. The third kappa shape index (κ3) is 5.53. The molecular weight excluding hydrogens is 452 g/mol. The number of esters is 1. The Hall–Kier alpha value is -3.20. The van der Waals surface area contributed by atoms with Gasteiger partial charge in [-0.2, -0.15) is 0 Å². The van der Waals surface area contributed by atoms with E-state index >= 15 is 0 Å². The van der Waals surface area contributed by atoms with Gasteiger partial charge in [-0.15, -0.1) is 0 Å². The molecule has 0 spiro atoms. The van der Waals surface area contributed by atoms with Crippen LogP contribution in [0.3, 0.4) is 0 Å². The van der Waals surface area contributed by atoms with E-state index in [2.05, 4.69) is 0 Å². The molecule has 0 aliphatic heterocycles. The Labute approximate surface area is 191 Å². The number of primary sulfonamides is 1. The molecule has 0 atom stereocenters. The first kappa shape index (κ1) is 23.5. The second kappa shape index (κ2) is 9.52. The predicted octanol–water partition coefficient (Wildman–Crippen LogP) is 3.83. The molecule has 1 aromatic heterocycles. The number of Topliss-reactive ketones (excluding diaryl/α,β-unsaturated/α-hetero) is 1. The average molecular weight is 473 g/mol. The lowest BCUT2D eigenvalue weighted by Gasteiger charge is -2.10. The molecular formula is C23H21ClN2O5S. The molecule has 9 heteroatoms. The molecule has 0 saturated carbocycles. The van der Waals surface area contributed by atoms with Gasteiger partial charge in [-0.1, -0.05) is 23.7 Å². The molecule has 32 heavy (non-hydrogen) atoms. The number of nitrogens with two attached hydrogens (primary N) is 1. The van der Waals surface area contributed by atoms with Crippen LogP contribution in [0.4, 0.5) is 0 Å². The predicted molar refractivity (Wildman–Crippen MR) is 122 cm³/mol. The van der Waals surface area contributed by atoms with Gasteiger partial charge in [-0.25, -0.2) is 18.4 Å². The van der Waals surface area contributed by atoms with Crippen LogP contribution < -0.4 is 5.14 Å². The highest BCUT2D eigenvalue weighted by Gasteiger charge is 2.18. The topological polar surface area (TPSA) is 108 Å². The zero-order valence-electron chi connectivity index (χ0n) is 17.4. The monoisotopic (exact) mass is 472 g/mol. The average Bonchev–Trinajstić information content (AvgIpc) is 3.05. The number of ketones is 1. The van der Waals surface area contributed by atoms with Gasteiger partial charge in [0.2, 0.25) is 15.8 Å². The second-order valence-corrected chi connectivity index (χ2v) is 9.07. The lowest BCUT2D eigenvalue weighted by molar-refractivity contribution is -0.136. The number of ether oxygens (including phenoxy) is 1. The first-order valence-electron chi connectivity index (χ1n) is 9.52. The summed E-state index contributed by atoms with van der Waals surface area (Å²) in [6.45, 7) is 3.17. The lowest BCUT2D eigenvalue weighted by atomic mass is 10.1. The summed E-state index contributed by atoms with van der Waals surface area (Å²) in [5.74, 6) is -0.987. The summed E-state index contributed by atoms with van der Waals surface area (Å²) in [5, 5.41) is 5.73. The van der Waals surface area contributed by atoms with Crippen molar-refractivity contribution < 1.29 is 22.7 Å². The Morgan fingerprint density at radius 1 is 1.06 bits per heavy atom. The highest BCUT2D eigenvalue weighted by molar-refractivity contribution is 7.89. The van der Waals surface area contributed by atoms with Gasteiger partial charge in [-0.3, -0.25) is 4.79 Å². The summed E-state index contributed by atoms with van der Waals surface area (Å²) in [7, 11) is -3.79. The van der Waals surface area contributed by atoms with E-state index in [9.17, 15) is 18.0 Å². The van der Waals surface area contributed by atoms with Gasteiger partial charge in [0, 0.05) is 33.7 Å². The number of rotatable bonds is 7. The number of nitrogens with zero attached hydrogens (tertiary/aromatic N) is 1. The van der Waals surface area contributed by atoms with Gasteiger partial charge in [0.1, 0.15) is 0 Å². The largest absolute Gasteiger partial charge is 0.454 e. The van der Waals surface area contributed by atoms with Crippen LogP contribution >= 0.6 is 11.6 Å². The SMILES string of the molecule is Cc1cc(C(=O)COC(=O)/C=C/c2ccc(Cl)cc2)c(C)n1-c1ccc(S(N)(=O)=O)cc1. The van der Waals surface area contributed by atoms with Crippen molar-refractivity contribution in [2.75, 3.05) is 6.61 Å². The number of halogens is 1. The fourth-order valence-corrected chi connectivity index (χ4v) is 3.87. The summed E-state index contributed by atoms with van der Waals surface area (Å²) in [6, 6.07) is 14.6. The van der Waals surface area contributed by atoms with Crippen molar-refractivity contribution in [1.82, 2.24) is 4.57 Å². The molecule has 0 aliphatic rings. The maximum Gasteiger partial charge on any atom is 0.331 e. The smallest absolute Gasteiger partial charge is 0.331 e. The van der Waals surface area contributed by atoms with E-state index in [-0.39, 0.29) is 10.7 Å². The number of sulfonamides is 1. The summed E-state index contributed by atoms with van der Waals surface area (Å²) >= 11 is 5.82. The lowest BCUT2D eigenvalue weighted by Crippen LogP contribution is -2.13. The van der Waals surface area contributed by atoms with Crippen LogP contribution in [0.2, 0.25) is 5.02 Å². The van der Waals surface area contributed by atoms with Crippen LogP contribution in [0.25, 0.3) is 11.8 Å². The molecule has 0 unspecified atom stereocenters. The number of carbonyl (C=O) groups is 2. The molecule has 3 aromatic rings. The minimum absolute atomic E-state index is 0.00132. The molecule has 3 rings (SSSR count). The molecule has 2 N–H and O–H groups in total. The van der Waals surface area contributed by atoms with Crippen LogP contribution in [-0.2, 0) is 19.6 Å². The van der Waals surface area contributed by atoms with Crippen LogP contribution in [0.1, 0.15) is 27.3 Å². The summed E-state index contributed by atoms with van der Waals surface area (Å²) in [5.41, 5.74) is 3.27. The normalized spacial score (nSPS) is 11.6. The Balaban J connectivity index is 1.70. The summed E-state index contributed by atoms with van der Waals surface area (Å²) in [4.78, 5) is 24.6. The van der Waals surface area contributed by atoms with Crippen molar-refractivity contribution in [2.24, 2.45) is 5.14 Å². The quantitative estimate of drug-likeness (QED) is 0.319. The van der Waals surface area contributed by atoms with Gasteiger partial charge in [-0.05, 0) is 68.0 Å². The van der Waals surface area contributed by atoms with E-state index in [0.29, 0.717) is 22.0 Å². The number of hydrogen-bond donors (Lipinski definition) is 1. The van der Waals surface area contributed by atoms with Gasteiger partial charge < -0.3 is 9.30 Å². The van der Waals surface area contributed by atoms with Crippen molar-refractivity contribution >= 4 is 39.5 Å². The standard InChI is InChI=1S/C23H21ClN2O5S/c1-15-13-21(16(2)26(15)19-8-10-20(11-9-19)32(25,29)30)22(27)14-31-23(28)12-5-17-3-6-18(24)7-4-17/h3-13H,14H2,1-2H3,(H2,25,29,30)/b12-5+. The Morgan fingerprint density at radius 3 is 2.28 bits per heavy atom. The third-order valence-corrected chi connectivity index (χ3v) is 5.96. The van der Waals surface area contributed by atoms with Crippen molar-refractivity contribution in [3.8, 4) is 5.69 Å². The van der Waals surface area contributed by atoms with E-state index < -0.39 is 22.6 Å². The van der Waals surface area contributed by atoms with Gasteiger partial charge in [0.25, 0.3) is 0 Å². The number of hydrogen-bond acceptors (Lipinski definition) is 5. The Kier molecular flexibility index (Phi) is 6.98. The molecule has 2 aromatic carbocycles. The molecule has 1 heterocycles. The van der Waals surface area contributed by atoms with Crippen molar-refractivity contribution in [3.05, 3.63) is 88.2 Å². The Morgan fingerprint density at radius 2 is 1.69 bits per heavy atom. The zero-order valence-corrected chi connectivity index (χ0v) is 19.0. The van der Waals surface area contributed by atoms with Crippen LogP contribution in [-0.4, -0.2) is 31.3 Å². The van der Waals surface area contributed by atoms with E-state index in [4.69, 9.17) is 21.5 Å². The molecule has 0 amide bonds. The number of benzene rings is 2. The number of aromatic nitrogens is 1. The molecule has 0 bridgehead atoms. The fraction of sp³-hybridized carbons (Fsp3) is 0.130. The maximum absolute atomic E-state index is 12.6. The van der Waals surface area contributed by atoms with Gasteiger partial charge in [0.15, 0.2) is 6.61 Å².